The maximum atomic E-state index is 13.8. The Labute approximate surface area is 172 Å². The summed E-state index contributed by atoms with van der Waals surface area (Å²) in [5, 5.41) is 13.0. The third-order valence-electron chi connectivity index (χ3n) is 5.43. The topological polar surface area (TPSA) is 85.5 Å². The van der Waals surface area contributed by atoms with Crippen LogP contribution >= 0.6 is 0 Å². The summed E-state index contributed by atoms with van der Waals surface area (Å²) in [4.78, 5) is 7.47. The summed E-state index contributed by atoms with van der Waals surface area (Å²) < 4.78 is 46.8. The van der Waals surface area contributed by atoms with Crippen molar-refractivity contribution in [3.05, 3.63) is 35.7 Å². The van der Waals surface area contributed by atoms with Gasteiger partial charge in [-0.25, -0.2) is 4.99 Å². The summed E-state index contributed by atoms with van der Waals surface area (Å²) >= 11 is 0. The number of aromatic amines is 1. The zero-order chi connectivity index (χ0) is 21.3. The largest absolute Gasteiger partial charge is 0.492 e. The van der Waals surface area contributed by atoms with Gasteiger partial charge in [0.15, 0.2) is 12.0 Å². The zero-order valence-electron chi connectivity index (χ0n) is 16.8. The standard InChI is InChI=1S/C20H25F3N6O/c1-24-15-6-5-12-13(9-26-17(12)18(15)30-2)16-14(20(21,22)23)10-27-19(29-16)28-11-4-3-7-25-8-11/h5-6,9-11,19,24-28H,3-4,7-8H2,1-2H3. The maximum absolute atomic E-state index is 13.8. The van der Waals surface area contributed by atoms with E-state index in [2.05, 4.69) is 31.2 Å². The van der Waals surface area contributed by atoms with E-state index in [9.17, 15) is 13.2 Å². The molecule has 5 N–H and O–H groups in total. The predicted molar refractivity (Wildman–Crippen MR) is 111 cm³/mol. The van der Waals surface area contributed by atoms with Crippen molar-refractivity contribution in [2.24, 2.45) is 4.99 Å². The van der Waals surface area contributed by atoms with Crippen LogP contribution in [0.2, 0.25) is 0 Å². The molecule has 0 aliphatic carbocycles. The Morgan fingerprint density at radius 3 is 2.77 bits per heavy atom. The van der Waals surface area contributed by atoms with E-state index in [1.165, 1.54) is 7.11 Å². The number of methoxy groups -OCH3 is 1. The van der Waals surface area contributed by atoms with Crippen LogP contribution in [-0.2, 0) is 0 Å². The minimum Gasteiger partial charge on any atom is -0.492 e. The summed E-state index contributed by atoms with van der Waals surface area (Å²) in [6.07, 6.45) is -0.658. The highest BCUT2D eigenvalue weighted by molar-refractivity contribution is 6.21. The van der Waals surface area contributed by atoms with E-state index < -0.39 is 18.0 Å². The second-order valence-electron chi connectivity index (χ2n) is 7.33. The highest BCUT2D eigenvalue weighted by atomic mass is 19.4. The van der Waals surface area contributed by atoms with E-state index in [1.54, 1.807) is 25.4 Å². The minimum absolute atomic E-state index is 0.104. The molecule has 4 rings (SSSR count). The number of piperidine rings is 1. The molecular formula is C20H25F3N6O. The normalized spacial score (nSPS) is 22.3. The number of nitrogens with one attached hydrogen (secondary N) is 5. The van der Waals surface area contributed by atoms with Gasteiger partial charge in [-0.2, -0.15) is 13.2 Å². The molecule has 2 aliphatic heterocycles. The van der Waals surface area contributed by atoms with E-state index >= 15 is 0 Å². The van der Waals surface area contributed by atoms with E-state index in [0.29, 0.717) is 22.2 Å². The number of benzene rings is 1. The monoisotopic (exact) mass is 422 g/mol. The van der Waals surface area contributed by atoms with Gasteiger partial charge in [0.25, 0.3) is 0 Å². The molecule has 10 heteroatoms. The van der Waals surface area contributed by atoms with Crippen molar-refractivity contribution in [1.82, 2.24) is 20.9 Å². The van der Waals surface area contributed by atoms with E-state index in [1.807, 2.05) is 0 Å². The number of anilines is 1. The molecule has 0 saturated carbocycles. The van der Waals surface area contributed by atoms with Crippen LogP contribution in [0.15, 0.2) is 35.1 Å². The van der Waals surface area contributed by atoms with Crippen LogP contribution in [0.5, 0.6) is 5.75 Å². The molecule has 1 fully saturated rings. The van der Waals surface area contributed by atoms with Gasteiger partial charge in [-0.15, -0.1) is 0 Å². The lowest BCUT2D eigenvalue weighted by atomic mass is 10.00. The number of ether oxygens (including phenoxy) is 1. The van der Waals surface area contributed by atoms with Gasteiger partial charge >= 0.3 is 6.18 Å². The number of rotatable bonds is 5. The minimum atomic E-state index is -4.54. The molecule has 1 aromatic heterocycles. The highest BCUT2D eigenvalue weighted by Crippen LogP contribution is 2.37. The summed E-state index contributed by atoms with van der Waals surface area (Å²) in [6, 6.07) is 3.69. The molecule has 0 radical (unpaired) electrons. The Hall–Kier alpha value is -2.72. The fraction of sp³-hybridized carbons (Fsp3) is 0.450. The zero-order valence-corrected chi connectivity index (χ0v) is 16.8. The number of fused-ring (bicyclic) bond motifs is 1. The van der Waals surface area contributed by atoms with E-state index in [-0.39, 0.29) is 11.8 Å². The van der Waals surface area contributed by atoms with Crippen molar-refractivity contribution in [1.29, 1.82) is 0 Å². The van der Waals surface area contributed by atoms with Crippen molar-refractivity contribution in [3.63, 3.8) is 0 Å². The van der Waals surface area contributed by atoms with Crippen molar-refractivity contribution in [2.75, 3.05) is 32.6 Å². The van der Waals surface area contributed by atoms with Crippen LogP contribution in [0.4, 0.5) is 18.9 Å². The molecule has 30 heavy (non-hydrogen) atoms. The molecule has 162 valence electrons. The first-order valence-corrected chi connectivity index (χ1v) is 9.87. The smallest absolute Gasteiger partial charge is 0.419 e. The lowest BCUT2D eigenvalue weighted by molar-refractivity contribution is -0.0867. The first-order chi connectivity index (χ1) is 14.4. The summed E-state index contributed by atoms with van der Waals surface area (Å²) in [5.74, 6) is 0.538. The molecule has 0 spiro atoms. The number of aliphatic imine (C=N–C) groups is 1. The third kappa shape index (κ3) is 3.84. The van der Waals surface area contributed by atoms with Crippen molar-refractivity contribution in [2.45, 2.75) is 31.3 Å². The molecular weight excluding hydrogens is 397 g/mol. The van der Waals surface area contributed by atoms with Crippen molar-refractivity contribution >= 4 is 22.3 Å². The van der Waals surface area contributed by atoms with Gasteiger partial charge < -0.3 is 25.7 Å². The first-order valence-electron chi connectivity index (χ1n) is 9.87. The first kappa shape index (κ1) is 20.5. The maximum Gasteiger partial charge on any atom is 0.419 e. The molecule has 1 aromatic carbocycles. The lowest BCUT2D eigenvalue weighted by Crippen LogP contribution is -2.52. The number of halogens is 3. The molecule has 0 amide bonds. The van der Waals surface area contributed by atoms with Crippen LogP contribution in [0.3, 0.4) is 0 Å². The Kier molecular flexibility index (Phi) is 5.61. The molecule has 2 unspecified atom stereocenters. The van der Waals surface area contributed by atoms with Gasteiger partial charge in [0.2, 0.25) is 0 Å². The van der Waals surface area contributed by atoms with E-state index in [0.717, 1.165) is 37.8 Å². The molecule has 1 saturated heterocycles. The summed E-state index contributed by atoms with van der Waals surface area (Å²) in [5.41, 5.74) is 0.821. The molecule has 2 aliphatic rings. The molecule has 2 atom stereocenters. The summed E-state index contributed by atoms with van der Waals surface area (Å²) in [7, 11) is 3.28. The average molecular weight is 422 g/mol. The lowest BCUT2D eigenvalue weighted by Gasteiger charge is -2.30. The van der Waals surface area contributed by atoms with Crippen LogP contribution in [0, 0.1) is 0 Å². The fourth-order valence-corrected chi connectivity index (χ4v) is 3.98. The van der Waals surface area contributed by atoms with Crippen molar-refractivity contribution < 1.29 is 17.9 Å². The Morgan fingerprint density at radius 2 is 2.10 bits per heavy atom. The van der Waals surface area contributed by atoms with Gasteiger partial charge in [-0.1, -0.05) is 0 Å². The number of allylic oxidation sites excluding steroid dienone is 1. The molecule has 2 aromatic rings. The Morgan fingerprint density at radius 1 is 1.27 bits per heavy atom. The van der Waals surface area contributed by atoms with Crippen molar-refractivity contribution in [3.8, 4) is 5.75 Å². The van der Waals surface area contributed by atoms with E-state index in [4.69, 9.17) is 4.74 Å². The predicted octanol–water partition coefficient (Wildman–Crippen LogP) is 2.68. The molecule has 3 heterocycles. The number of aromatic nitrogens is 1. The van der Waals surface area contributed by atoms with Gasteiger partial charge in [-0.05, 0) is 31.5 Å². The highest BCUT2D eigenvalue weighted by Gasteiger charge is 2.40. The van der Waals surface area contributed by atoms with Crippen LogP contribution in [0.25, 0.3) is 10.9 Å². The second kappa shape index (κ2) is 8.19. The van der Waals surface area contributed by atoms with Gasteiger partial charge in [-0.3, -0.25) is 5.32 Å². The number of hydrogen-bond acceptors (Lipinski definition) is 6. The van der Waals surface area contributed by atoms with Gasteiger partial charge in [0.05, 0.1) is 29.6 Å². The fourth-order valence-electron chi connectivity index (χ4n) is 3.98. The SMILES string of the molecule is CNc1ccc2c(C3=NC(NC4CCCNC4)NC=C3C(F)(F)F)c[nH]c2c1OC. The van der Waals surface area contributed by atoms with Crippen LogP contribution in [0.1, 0.15) is 18.4 Å². The van der Waals surface area contributed by atoms with Gasteiger partial charge in [0, 0.05) is 43.0 Å². The number of nitrogens with zero attached hydrogens (tertiary/aromatic N) is 1. The molecule has 7 nitrogen and oxygen atoms in total. The van der Waals surface area contributed by atoms with Crippen LogP contribution < -0.4 is 26.0 Å². The number of hydrogen-bond donors (Lipinski definition) is 5. The Balaban J connectivity index is 1.75. The molecule has 0 bridgehead atoms. The average Bonchev–Trinajstić information content (AvgIpc) is 3.17. The quantitative estimate of drug-likeness (QED) is 0.512. The number of alkyl halides is 3. The third-order valence-corrected chi connectivity index (χ3v) is 5.43. The van der Waals surface area contributed by atoms with Crippen LogP contribution in [-0.4, -0.2) is 56.5 Å². The second-order valence-corrected chi connectivity index (χ2v) is 7.33. The van der Waals surface area contributed by atoms with Gasteiger partial charge in [0.1, 0.15) is 0 Å². The Bertz CT molecular complexity index is 975. The number of H-pyrrole nitrogens is 1. The summed E-state index contributed by atoms with van der Waals surface area (Å²) in [6.45, 7) is 1.71.